The molecule has 0 spiro atoms. The van der Waals surface area contributed by atoms with E-state index in [0.29, 0.717) is 12.2 Å². The first-order chi connectivity index (χ1) is 5.79. The lowest BCUT2D eigenvalue weighted by Crippen LogP contribution is -2.05. The molecule has 4 heteroatoms. The van der Waals surface area contributed by atoms with Crippen molar-refractivity contribution in [1.82, 2.24) is 0 Å². The second kappa shape index (κ2) is 4.49. The van der Waals surface area contributed by atoms with Crippen molar-refractivity contribution in [1.29, 1.82) is 0 Å². The fourth-order valence-electron chi connectivity index (χ4n) is 0.815. The predicted octanol–water partition coefficient (Wildman–Crippen LogP) is 2.39. The van der Waals surface area contributed by atoms with Crippen LogP contribution in [-0.4, -0.2) is 12.6 Å². The Morgan fingerprint density at radius 3 is 3.00 bits per heavy atom. The topological polar surface area (TPSA) is 39.4 Å². The highest BCUT2D eigenvalue weighted by Gasteiger charge is 2.13. The molecular weight excluding hydrogens is 271 g/mol. The van der Waals surface area contributed by atoms with E-state index in [1.165, 1.54) is 6.26 Å². The van der Waals surface area contributed by atoms with Crippen LogP contribution in [0.5, 0.6) is 0 Å². The smallest absolute Gasteiger partial charge is 0.341 e. The number of hydrogen-bond donors (Lipinski definition) is 0. The number of furan rings is 1. The van der Waals surface area contributed by atoms with Gasteiger partial charge in [0.15, 0.2) is 0 Å². The molecule has 1 aromatic heterocycles. The summed E-state index contributed by atoms with van der Waals surface area (Å²) in [5.74, 6) is -0.307. The van der Waals surface area contributed by atoms with Gasteiger partial charge < -0.3 is 9.15 Å². The van der Waals surface area contributed by atoms with Crippen LogP contribution in [0.1, 0.15) is 22.8 Å². The Hall–Kier alpha value is -0.520. The van der Waals surface area contributed by atoms with E-state index >= 15 is 0 Å². The van der Waals surface area contributed by atoms with Crippen molar-refractivity contribution in [2.45, 2.75) is 11.4 Å². The van der Waals surface area contributed by atoms with Crippen molar-refractivity contribution in [3.05, 3.63) is 23.7 Å². The van der Waals surface area contributed by atoms with E-state index in [2.05, 4.69) is 22.6 Å². The molecule has 0 saturated heterocycles. The number of esters is 1. The molecule has 0 radical (unpaired) electrons. The third kappa shape index (κ3) is 2.00. The lowest BCUT2D eigenvalue weighted by Gasteiger charge is -1.98. The highest BCUT2D eigenvalue weighted by atomic mass is 127. The van der Waals surface area contributed by atoms with Crippen molar-refractivity contribution in [2.24, 2.45) is 0 Å². The summed E-state index contributed by atoms with van der Waals surface area (Å²) in [6.45, 7) is 2.17. The monoisotopic (exact) mass is 280 g/mol. The molecule has 66 valence electrons. The third-order valence-electron chi connectivity index (χ3n) is 1.38. The number of rotatable bonds is 3. The Morgan fingerprint density at radius 2 is 2.42 bits per heavy atom. The lowest BCUT2D eigenvalue weighted by atomic mass is 10.2. The van der Waals surface area contributed by atoms with Gasteiger partial charge in [-0.15, -0.1) is 0 Å². The molecule has 12 heavy (non-hydrogen) atoms. The van der Waals surface area contributed by atoms with Crippen molar-refractivity contribution in [2.75, 3.05) is 6.61 Å². The minimum atomic E-state index is -0.307. The molecule has 1 aromatic rings. The van der Waals surface area contributed by atoms with Gasteiger partial charge in [0.2, 0.25) is 0 Å². The third-order valence-corrected chi connectivity index (χ3v) is 2.20. The van der Waals surface area contributed by atoms with Crippen molar-refractivity contribution >= 4 is 28.6 Å². The van der Waals surface area contributed by atoms with E-state index < -0.39 is 0 Å². The van der Waals surface area contributed by atoms with Gasteiger partial charge in [0, 0.05) is 9.99 Å². The normalized spacial score (nSPS) is 9.83. The van der Waals surface area contributed by atoms with Gasteiger partial charge in [0.25, 0.3) is 0 Å². The van der Waals surface area contributed by atoms with Gasteiger partial charge in [-0.1, -0.05) is 22.6 Å². The van der Waals surface area contributed by atoms with Gasteiger partial charge in [0.1, 0.15) is 11.8 Å². The van der Waals surface area contributed by atoms with Gasteiger partial charge in [-0.3, -0.25) is 0 Å². The second-order valence-corrected chi connectivity index (χ2v) is 2.93. The fraction of sp³-hybridized carbons (Fsp3) is 0.375. The average molecular weight is 280 g/mol. The van der Waals surface area contributed by atoms with Crippen LogP contribution in [0.15, 0.2) is 16.9 Å². The van der Waals surface area contributed by atoms with E-state index in [1.807, 2.05) is 0 Å². The summed E-state index contributed by atoms with van der Waals surface area (Å²) >= 11 is 2.17. The number of ether oxygens (including phenoxy) is 1. The highest BCUT2D eigenvalue weighted by Crippen LogP contribution is 2.15. The van der Waals surface area contributed by atoms with Crippen LogP contribution in [0.3, 0.4) is 0 Å². The first-order valence-corrected chi connectivity index (χ1v) is 5.10. The molecule has 0 aromatic carbocycles. The predicted molar refractivity (Wildman–Crippen MR) is 52.4 cm³/mol. The minimum Gasteiger partial charge on any atom is -0.471 e. The van der Waals surface area contributed by atoms with E-state index in [4.69, 9.17) is 9.15 Å². The van der Waals surface area contributed by atoms with E-state index in [0.717, 1.165) is 9.99 Å². The van der Waals surface area contributed by atoms with E-state index in [1.54, 1.807) is 13.2 Å². The summed E-state index contributed by atoms with van der Waals surface area (Å²) in [7, 11) is 0. The molecule has 0 saturated carbocycles. The second-order valence-electron chi connectivity index (χ2n) is 2.16. The zero-order valence-electron chi connectivity index (χ0n) is 6.67. The zero-order chi connectivity index (χ0) is 8.97. The average Bonchev–Trinajstić information content (AvgIpc) is 2.51. The van der Waals surface area contributed by atoms with Crippen LogP contribution in [0.4, 0.5) is 0 Å². The van der Waals surface area contributed by atoms with Crippen molar-refractivity contribution in [3.63, 3.8) is 0 Å². The maximum Gasteiger partial charge on any atom is 0.341 e. The summed E-state index contributed by atoms with van der Waals surface area (Å²) in [5, 5.41) is 0. The largest absolute Gasteiger partial charge is 0.471 e. The van der Waals surface area contributed by atoms with Crippen LogP contribution in [0, 0.1) is 0 Å². The van der Waals surface area contributed by atoms with E-state index in [9.17, 15) is 4.79 Å². The van der Waals surface area contributed by atoms with Gasteiger partial charge in [-0.05, 0) is 6.92 Å². The molecule has 0 unspecified atom stereocenters. The molecule has 0 aliphatic carbocycles. The fourth-order valence-corrected chi connectivity index (χ4v) is 1.41. The quantitative estimate of drug-likeness (QED) is 0.485. The van der Waals surface area contributed by atoms with Crippen LogP contribution in [0.2, 0.25) is 0 Å². The van der Waals surface area contributed by atoms with Gasteiger partial charge in [-0.25, -0.2) is 4.79 Å². The molecule has 0 atom stereocenters. The molecule has 0 aliphatic heterocycles. The summed E-state index contributed by atoms with van der Waals surface area (Å²) in [6, 6.07) is 0. The Kier molecular flexibility index (Phi) is 3.58. The summed E-state index contributed by atoms with van der Waals surface area (Å²) in [6.07, 6.45) is 2.99. The molecule has 3 nitrogen and oxygen atoms in total. The van der Waals surface area contributed by atoms with E-state index in [-0.39, 0.29) is 5.97 Å². The maximum absolute atomic E-state index is 11.2. The molecule has 0 amide bonds. The Morgan fingerprint density at radius 1 is 1.67 bits per heavy atom. The Balaban J connectivity index is 2.79. The molecule has 0 aliphatic rings. The lowest BCUT2D eigenvalue weighted by molar-refractivity contribution is 0.0525. The highest BCUT2D eigenvalue weighted by molar-refractivity contribution is 14.1. The molecule has 1 heterocycles. The molecule has 0 N–H and O–H groups in total. The van der Waals surface area contributed by atoms with Crippen molar-refractivity contribution in [3.8, 4) is 0 Å². The summed E-state index contributed by atoms with van der Waals surface area (Å²) < 4.78 is 10.5. The Labute approximate surface area is 84.2 Å². The van der Waals surface area contributed by atoms with Gasteiger partial charge >= 0.3 is 5.97 Å². The van der Waals surface area contributed by atoms with Crippen molar-refractivity contribution < 1.29 is 13.9 Å². The number of carbonyl (C=O) groups is 1. The number of carbonyl (C=O) groups excluding carboxylic acids is 1. The number of alkyl halides is 1. The number of hydrogen-bond acceptors (Lipinski definition) is 3. The number of halogens is 1. The maximum atomic E-state index is 11.2. The van der Waals surface area contributed by atoms with Crippen LogP contribution in [-0.2, 0) is 9.16 Å². The van der Waals surface area contributed by atoms with Gasteiger partial charge in [-0.2, -0.15) is 0 Å². The van der Waals surface area contributed by atoms with Gasteiger partial charge in [0.05, 0.1) is 12.9 Å². The summed E-state index contributed by atoms with van der Waals surface area (Å²) in [5.41, 5.74) is 1.42. The first kappa shape index (κ1) is 9.57. The standard InChI is InChI=1S/C8H9IO3/c1-2-12-8(10)7-5-11-4-6(7)3-9/h4-5H,2-3H2,1H3. The SMILES string of the molecule is CCOC(=O)c1cocc1CI. The molecule has 0 bridgehead atoms. The van der Waals surface area contributed by atoms with Crippen LogP contribution >= 0.6 is 22.6 Å². The molecular formula is C8H9IO3. The Bertz CT molecular complexity index is 267. The first-order valence-electron chi connectivity index (χ1n) is 3.57. The summed E-state index contributed by atoms with van der Waals surface area (Å²) in [4.78, 5) is 11.2. The molecule has 1 rings (SSSR count). The van der Waals surface area contributed by atoms with Crippen LogP contribution in [0.25, 0.3) is 0 Å². The zero-order valence-corrected chi connectivity index (χ0v) is 8.83. The molecule has 0 fully saturated rings. The van der Waals surface area contributed by atoms with Crippen LogP contribution < -0.4 is 0 Å². The minimum absolute atomic E-state index is 0.307.